The minimum absolute atomic E-state index is 0.0414. The first-order chi connectivity index (χ1) is 14.5. The van der Waals surface area contributed by atoms with E-state index in [4.69, 9.17) is 13.7 Å². The topological polar surface area (TPSA) is 119 Å². The molecule has 1 aromatic carbocycles. The van der Waals surface area contributed by atoms with E-state index >= 15 is 0 Å². The molecule has 1 fully saturated rings. The van der Waals surface area contributed by atoms with Crippen molar-refractivity contribution in [3.05, 3.63) is 29.8 Å². The summed E-state index contributed by atoms with van der Waals surface area (Å²) in [6.45, 7) is 7.12. The third kappa shape index (κ3) is 6.91. The lowest BCUT2D eigenvalue weighted by atomic mass is 9.95. The number of amides is 1. The van der Waals surface area contributed by atoms with Gasteiger partial charge in [0.15, 0.2) is 0 Å². The van der Waals surface area contributed by atoms with Gasteiger partial charge in [-0.3, -0.25) is 13.9 Å². The fourth-order valence-electron chi connectivity index (χ4n) is 3.61. The number of nitrogens with zero attached hydrogens (tertiary/aromatic N) is 1. The van der Waals surface area contributed by atoms with Crippen molar-refractivity contribution in [1.82, 2.24) is 4.90 Å². The lowest BCUT2D eigenvalue weighted by Gasteiger charge is -2.32. The van der Waals surface area contributed by atoms with Crippen LogP contribution in [0, 0.1) is 12.8 Å². The van der Waals surface area contributed by atoms with Gasteiger partial charge in [-0.2, -0.15) is 8.42 Å². The highest BCUT2D eigenvalue weighted by Crippen LogP contribution is 2.32. The predicted molar refractivity (Wildman–Crippen MR) is 112 cm³/mol. The molecule has 9 nitrogen and oxygen atoms in total. The quantitative estimate of drug-likeness (QED) is 0.420. The highest BCUT2D eigenvalue weighted by Gasteiger charge is 2.44. The van der Waals surface area contributed by atoms with Gasteiger partial charge in [0.2, 0.25) is 0 Å². The minimum atomic E-state index is -3.98. The predicted octanol–water partition coefficient (Wildman–Crippen LogP) is 3.16. The zero-order valence-electron chi connectivity index (χ0n) is 18.4. The van der Waals surface area contributed by atoms with Gasteiger partial charge in [-0.15, -0.1) is 0 Å². The molecule has 174 valence electrons. The minimum Gasteiger partial charge on any atom is -0.466 e. The maximum absolute atomic E-state index is 12.6. The Bertz CT molecular complexity index is 866. The zero-order chi connectivity index (χ0) is 23.2. The van der Waals surface area contributed by atoms with Crippen molar-refractivity contribution in [2.45, 2.75) is 63.6 Å². The van der Waals surface area contributed by atoms with E-state index < -0.39 is 39.9 Å². The highest BCUT2D eigenvalue weighted by atomic mass is 32.2. The van der Waals surface area contributed by atoms with Gasteiger partial charge in [0, 0.05) is 6.42 Å². The summed E-state index contributed by atoms with van der Waals surface area (Å²) in [5.74, 6) is -0.791. The van der Waals surface area contributed by atoms with Gasteiger partial charge in [-0.25, -0.2) is 4.79 Å². The number of aryl methyl sites for hydroxylation is 1. The van der Waals surface area contributed by atoms with Crippen LogP contribution in [0.2, 0.25) is 0 Å². The number of ether oxygens (including phenoxy) is 2. The molecular weight excluding hydrogens is 426 g/mol. The van der Waals surface area contributed by atoms with Crippen molar-refractivity contribution in [3.8, 4) is 0 Å². The Hall–Kier alpha value is -2.17. The second-order valence-corrected chi connectivity index (χ2v) is 9.68. The van der Waals surface area contributed by atoms with Crippen molar-refractivity contribution in [2.75, 3.05) is 19.8 Å². The third-order valence-corrected chi connectivity index (χ3v) is 6.51. The molecule has 1 aliphatic heterocycles. The molecule has 1 heterocycles. The fourth-order valence-corrected chi connectivity index (χ4v) is 4.59. The molecule has 2 atom stereocenters. The number of rotatable bonds is 10. The van der Waals surface area contributed by atoms with Crippen molar-refractivity contribution in [1.29, 1.82) is 0 Å². The molecule has 1 saturated heterocycles. The van der Waals surface area contributed by atoms with Gasteiger partial charge in [0.05, 0.1) is 30.8 Å². The normalized spacial score (nSPS) is 19.2. The summed E-state index contributed by atoms with van der Waals surface area (Å²) in [6, 6.07) is 5.81. The molecule has 0 bridgehead atoms. The number of carboxylic acid groups (broad SMARTS) is 1. The molecule has 0 radical (unpaired) electrons. The van der Waals surface area contributed by atoms with Crippen LogP contribution in [0.4, 0.5) is 4.79 Å². The molecule has 0 aliphatic carbocycles. The Balaban J connectivity index is 2.11. The van der Waals surface area contributed by atoms with E-state index in [-0.39, 0.29) is 31.1 Å². The van der Waals surface area contributed by atoms with E-state index in [1.54, 1.807) is 32.9 Å². The average molecular weight is 458 g/mol. The number of carbonyl (C=O) groups is 2. The summed E-state index contributed by atoms with van der Waals surface area (Å²) in [5, 5.41) is 9.60. The SMILES string of the molecule is CCOC(=O)CC[C@H](COS(=O)(=O)c1ccc(C)cc1)CC1COC(C)(C)N1C(=O)O. The summed E-state index contributed by atoms with van der Waals surface area (Å²) in [5.41, 5.74) is -0.0688. The van der Waals surface area contributed by atoms with Crippen molar-refractivity contribution in [3.63, 3.8) is 0 Å². The molecule has 0 aromatic heterocycles. The zero-order valence-corrected chi connectivity index (χ0v) is 19.2. The number of esters is 1. The smallest absolute Gasteiger partial charge is 0.409 e. The molecular formula is C21H31NO8S. The summed E-state index contributed by atoms with van der Waals surface area (Å²) >= 11 is 0. The Morgan fingerprint density at radius 1 is 1.29 bits per heavy atom. The number of benzene rings is 1. The van der Waals surface area contributed by atoms with Crippen molar-refractivity contribution in [2.24, 2.45) is 5.92 Å². The van der Waals surface area contributed by atoms with Crippen molar-refractivity contribution >= 4 is 22.2 Å². The Labute approximate surface area is 183 Å². The highest BCUT2D eigenvalue weighted by molar-refractivity contribution is 7.86. The molecule has 2 rings (SSSR count). The van der Waals surface area contributed by atoms with E-state index in [1.807, 2.05) is 6.92 Å². The van der Waals surface area contributed by atoms with E-state index in [2.05, 4.69) is 0 Å². The van der Waals surface area contributed by atoms with Crippen LogP contribution >= 0.6 is 0 Å². The Morgan fingerprint density at radius 2 is 1.94 bits per heavy atom. The van der Waals surface area contributed by atoms with Gasteiger partial charge in [0.1, 0.15) is 5.72 Å². The molecule has 1 aliphatic rings. The van der Waals surface area contributed by atoms with Crippen LogP contribution in [0.5, 0.6) is 0 Å². The van der Waals surface area contributed by atoms with Crippen molar-refractivity contribution < 1.29 is 36.8 Å². The molecule has 0 spiro atoms. The van der Waals surface area contributed by atoms with Crippen LogP contribution in [0.15, 0.2) is 29.2 Å². The largest absolute Gasteiger partial charge is 0.466 e. The van der Waals surface area contributed by atoms with Gasteiger partial charge in [0.25, 0.3) is 10.1 Å². The Morgan fingerprint density at radius 3 is 2.52 bits per heavy atom. The molecule has 31 heavy (non-hydrogen) atoms. The van der Waals surface area contributed by atoms with Crippen LogP contribution < -0.4 is 0 Å². The van der Waals surface area contributed by atoms with E-state index in [1.165, 1.54) is 17.0 Å². The average Bonchev–Trinajstić information content (AvgIpc) is 2.98. The van der Waals surface area contributed by atoms with Crippen LogP contribution in [0.1, 0.15) is 45.6 Å². The molecule has 1 amide bonds. The van der Waals surface area contributed by atoms with Crippen LogP contribution in [-0.2, 0) is 28.6 Å². The van der Waals surface area contributed by atoms with Crippen LogP contribution in [0.25, 0.3) is 0 Å². The number of hydrogen-bond donors (Lipinski definition) is 1. The number of carbonyl (C=O) groups excluding carboxylic acids is 1. The van der Waals surface area contributed by atoms with Gasteiger partial charge in [-0.05, 0) is 58.6 Å². The molecule has 10 heteroatoms. The Kier molecular flexibility index (Phi) is 8.44. The number of hydrogen-bond acceptors (Lipinski definition) is 7. The summed E-state index contributed by atoms with van der Waals surface area (Å²) in [4.78, 5) is 24.8. The van der Waals surface area contributed by atoms with Gasteiger partial charge in [-0.1, -0.05) is 17.7 Å². The molecule has 1 unspecified atom stereocenters. The van der Waals surface area contributed by atoms with Crippen LogP contribution in [-0.4, -0.2) is 62.1 Å². The van der Waals surface area contributed by atoms with E-state index in [0.29, 0.717) is 12.8 Å². The van der Waals surface area contributed by atoms with Gasteiger partial charge >= 0.3 is 12.1 Å². The van der Waals surface area contributed by atoms with Crippen LogP contribution in [0.3, 0.4) is 0 Å². The fraction of sp³-hybridized carbons (Fsp3) is 0.619. The lowest BCUT2D eigenvalue weighted by molar-refractivity contribution is -0.143. The second kappa shape index (κ2) is 10.4. The monoisotopic (exact) mass is 457 g/mol. The summed E-state index contributed by atoms with van der Waals surface area (Å²) in [7, 11) is -3.98. The van der Waals surface area contributed by atoms with E-state index in [9.17, 15) is 23.1 Å². The first-order valence-electron chi connectivity index (χ1n) is 10.2. The standard InChI is InChI=1S/C21H31NO8S/c1-5-28-19(23)11-8-16(12-17-14-29-21(3,4)22(17)20(24)25)13-30-31(26,27)18-9-6-15(2)7-10-18/h6-7,9-10,16-17H,5,8,11-14H2,1-4H3,(H,24,25)/t16-,17?/m0/s1. The summed E-state index contributed by atoms with van der Waals surface area (Å²) < 4.78 is 41.0. The summed E-state index contributed by atoms with van der Waals surface area (Å²) in [6.07, 6.45) is -0.452. The third-order valence-electron chi connectivity index (χ3n) is 5.22. The van der Waals surface area contributed by atoms with Gasteiger partial charge < -0.3 is 14.6 Å². The molecule has 1 aromatic rings. The molecule has 0 saturated carbocycles. The molecule has 1 N–H and O–H groups in total. The van der Waals surface area contributed by atoms with E-state index in [0.717, 1.165) is 5.56 Å². The maximum atomic E-state index is 12.6. The second-order valence-electron chi connectivity index (χ2n) is 8.06. The first kappa shape index (κ1) is 25.1. The lowest BCUT2D eigenvalue weighted by Crippen LogP contribution is -2.47. The maximum Gasteiger partial charge on any atom is 0.409 e. The first-order valence-corrected chi connectivity index (χ1v) is 11.6.